The molecule has 4 rings (SSSR count). The Balaban J connectivity index is 1.76. The molecule has 33 heavy (non-hydrogen) atoms. The summed E-state index contributed by atoms with van der Waals surface area (Å²) in [6.07, 6.45) is -5.33. The van der Waals surface area contributed by atoms with Gasteiger partial charge in [0.1, 0.15) is 12.1 Å². The van der Waals surface area contributed by atoms with E-state index in [4.69, 9.17) is 27.0 Å². The van der Waals surface area contributed by atoms with Gasteiger partial charge in [-0.1, -0.05) is 0 Å². The first kappa shape index (κ1) is 22.8. The largest absolute Gasteiger partial charge is 0.486 e. The van der Waals surface area contributed by atoms with Gasteiger partial charge in [0.15, 0.2) is 22.7 Å². The van der Waals surface area contributed by atoms with Crippen LogP contribution in [0, 0.1) is 11.3 Å². The number of hydrogen-bond acceptors (Lipinski definition) is 6. The minimum Gasteiger partial charge on any atom is -0.486 e. The number of carbonyl (C=O) groups is 1. The molecule has 2 aliphatic heterocycles. The van der Waals surface area contributed by atoms with Gasteiger partial charge >= 0.3 is 6.18 Å². The SMILES string of the molecule is CC1(C)C(=O)N(c2ccc(C#N)c(C(F)(F)F)c2)C(=S)N1c1ccc2c(c1)OC(CO)CO2. The topological polar surface area (TPSA) is 86.0 Å². The van der Waals surface area contributed by atoms with E-state index in [0.717, 1.165) is 17.0 Å². The molecule has 1 amide bonds. The Bertz CT molecular complexity index is 1190. The summed E-state index contributed by atoms with van der Waals surface area (Å²) in [5.41, 5.74) is -2.56. The Morgan fingerprint density at radius 3 is 2.55 bits per heavy atom. The zero-order valence-corrected chi connectivity index (χ0v) is 18.3. The second-order valence-electron chi connectivity index (χ2n) is 8.02. The van der Waals surface area contributed by atoms with Crippen molar-refractivity contribution in [3.63, 3.8) is 0 Å². The lowest BCUT2D eigenvalue weighted by Gasteiger charge is -2.31. The average molecular weight is 477 g/mol. The highest BCUT2D eigenvalue weighted by Crippen LogP contribution is 2.42. The molecule has 172 valence electrons. The van der Waals surface area contributed by atoms with Crippen LogP contribution in [0.25, 0.3) is 0 Å². The fourth-order valence-corrected chi connectivity index (χ4v) is 4.31. The van der Waals surface area contributed by atoms with Crippen LogP contribution in [0.2, 0.25) is 0 Å². The van der Waals surface area contributed by atoms with Gasteiger partial charge in [0.2, 0.25) is 0 Å². The van der Waals surface area contributed by atoms with Gasteiger partial charge in [-0.05, 0) is 56.4 Å². The van der Waals surface area contributed by atoms with E-state index in [1.165, 1.54) is 17.0 Å². The predicted molar refractivity (Wildman–Crippen MR) is 116 cm³/mol. The highest BCUT2D eigenvalue weighted by Gasteiger charge is 2.51. The summed E-state index contributed by atoms with van der Waals surface area (Å²) in [6, 6.07) is 9.43. The minimum absolute atomic E-state index is 0.0294. The second kappa shape index (κ2) is 7.90. The van der Waals surface area contributed by atoms with Crippen molar-refractivity contribution < 1.29 is 32.5 Å². The third kappa shape index (κ3) is 3.75. The number of amides is 1. The number of halogens is 3. The van der Waals surface area contributed by atoms with Crippen LogP contribution in [0.4, 0.5) is 24.5 Å². The van der Waals surface area contributed by atoms with Crippen molar-refractivity contribution in [1.29, 1.82) is 5.26 Å². The summed E-state index contributed by atoms with van der Waals surface area (Å²) < 4.78 is 51.7. The summed E-state index contributed by atoms with van der Waals surface area (Å²) in [7, 11) is 0. The lowest BCUT2D eigenvalue weighted by atomic mass is 10.0. The molecule has 0 spiro atoms. The van der Waals surface area contributed by atoms with E-state index in [-0.39, 0.29) is 24.0 Å². The van der Waals surface area contributed by atoms with Crippen molar-refractivity contribution in [2.24, 2.45) is 0 Å². The lowest BCUT2D eigenvalue weighted by Crippen LogP contribution is -2.44. The van der Waals surface area contributed by atoms with Crippen molar-refractivity contribution in [2.75, 3.05) is 23.0 Å². The maximum Gasteiger partial charge on any atom is 0.417 e. The highest BCUT2D eigenvalue weighted by atomic mass is 32.1. The van der Waals surface area contributed by atoms with Crippen LogP contribution >= 0.6 is 12.2 Å². The number of aliphatic hydroxyl groups excluding tert-OH is 1. The number of hydrogen-bond donors (Lipinski definition) is 1. The first-order valence-corrected chi connectivity index (χ1v) is 10.2. The molecule has 7 nitrogen and oxygen atoms in total. The van der Waals surface area contributed by atoms with Crippen molar-refractivity contribution in [1.82, 2.24) is 0 Å². The number of fused-ring (bicyclic) bond motifs is 1. The Hall–Kier alpha value is -3.36. The van der Waals surface area contributed by atoms with Crippen LogP contribution in [0.1, 0.15) is 25.0 Å². The van der Waals surface area contributed by atoms with Crippen LogP contribution in [0.5, 0.6) is 11.5 Å². The normalized spacial score (nSPS) is 19.6. The molecule has 0 aromatic heterocycles. The number of benzene rings is 2. The number of anilines is 2. The summed E-state index contributed by atoms with van der Waals surface area (Å²) in [5.74, 6) is 0.268. The fourth-order valence-electron chi connectivity index (χ4n) is 3.79. The molecule has 1 unspecified atom stereocenters. The number of aliphatic hydroxyl groups is 1. The van der Waals surface area contributed by atoms with E-state index in [1.807, 2.05) is 0 Å². The van der Waals surface area contributed by atoms with Crippen molar-refractivity contribution in [2.45, 2.75) is 31.7 Å². The minimum atomic E-state index is -4.78. The molecule has 1 N–H and O–H groups in total. The molecule has 2 aromatic carbocycles. The number of carbonyl (C=O) groups excluding carboxylic acids is 1. The van der Waals surface area contributed by atoms with Crippen molar-refractivity contribution >= 4 is 34.6 Å². The monoisotopic (exact) mass is 477 g/mol. The maximum atomic E-state index is 13.5. The van der Waals surface area contributed by atoms with Crippen LogP contribution in [0.15, 0.2) is 36.4 Å². The van der Waals surface area contributed by atoms with Crippen LogP contribution in [-0.4, -0.2) is 41.0 Å². The summed E-state index contributed by atoms with van der Waals surface area (Å²) in [4.78, 5) is 15.8. The molecule has 0 radical (unpaired) electrons. The third-order valence-corrected chi connectivity index (χ3v) is 5.83. The first-order valence-electron chi connectivity index (χ1n) is 9.83. The van der Waals surface area contributed by atoms with E-state index < -0.39 is 34.9 Å². The Morgan fingerprint density at radius 1 is 1.21 bits per heavy atom. The molecule has 0 bridgehead atoms. The molecule has 1 saturated heterocycles. The van der Waals surface area contributed by atoms with Crippen LogP contribution in [-0.2, 0) is 11.0 Å². The van der Waals surface area contributed by atoms with Crippen LogP contribution < -0.4 is 19.3 Å². The molecular formula is C22H18F3N3O4S. The van der Waals surface area contributed by atoms with E-state index in [0.29, 0.717) is 17.2 Å². The average Bonchev–Trinajstić information content (AvgIpc) is 2.95. The molecule has 2 aromatic rings. The summed E-state index contributed by atoms with van der Waals surface area (Å²) in [5, 5.41) is 18.4. The van der Waals surface area contributed by atoms with Gasteiger partial charge in [-0.15, -0.1) is 0 Å². The molecule has 1 fully saturated rings. The number of alkyl halides is 3. The number of rotatable bonds is 3. The highest BCUT2D eigenvalue weighted by molar-refractivity contribution is 7.81. The predicted octanol–water partition coefficient (Wildman–Crippen LogP) is 3.63. The van der Waals surface area contributed by atoms with E-state index >= 15 is 0 Å². The van der Waals surface area contributed by atoms with Gasteiger partial charge in [0.25, 0.3) is 5.91 Å². The van der Waals surface area contributed by atoms with Gasteiger partial charge in [0, 0.05) is 11.8 Å². The molecular weight excluding hydrogens is 459 g/mol. The van der Waals surface area contributed by atoms with Gasteiger partial charge in [-0.3, -0.25) is 9.69 Å². The number of nitriles is 1. The maximum absolute atomic E-state index is 13.5. The third-order valence-electron chi connectivity index (χ3n) is 5.46. The number of nitrogens with zero attached hydrogens (tertiary/aromatic N) is 3. The first-order chi connectivity index (χ1) is 15.5. The Kier molecular flexibility index (Phi) is 5.46. The lowest BCUT2D eigenvalue weighted by molar-refractivity contribution is -0.137. The Morgan fingerprint density at radius 2 is 1.91 bits per heavy atom. The molecule has 0 aliphatic carbocycles. The Labute approximate surface area is 192 Å². The number of thiocarbonyl (C=S) groups is 1. The standard InChI is InChI=1S/C22H18F3N3O4S/c1-21(2)19(30)27(13-4-3-12(9-26)16(7-13)22(23,24)25)20(33)28(21)14-5-6-17-18(8-14)32-15(10-29)11-31-17/h3-8,15,29H,10-11H2,1-2H3. The van der Waals surface area contributed by atoms with E-state index in [9.17, 15) is 23.1 Å². The number of ether oxygens (including phenoxy) is 2. The molecule has 2 heterocycles. The van der Waals surface area contributed by atoms with Gasteiger partial charge in [-0.2, -0.15) is 18.4 Å². The van der Waals surface area contributed by atoms with Gasteiger partial charge in [-0.25, -0.2) is 0 Å². The van der Waals surface area contributed by atoms with Crippen molar-refractivity contribution in [3.05, 3.63) is 47.5 Å². The van der Waals surface area contributed by atoms with E-state index in [2.05, 4.69) is 0 Å². The quantitative estimate of drug-likeness (QED) is 0.676. The zero-order chi connectivity index (χ0) is 24.1. The van der Waals surface area contributed by atoms with Gasteiger partial charge < -0.3 is 19.5 Å². The van der Waals surface area contributed by atoms with E-state index in [1.54, 1.807) is 32.0 Å². The second-order valence-corrected chi connectivity index (χ2v) is 8.39. The zero-order valence-electron chi connectivity index (χ0n) is 17.5. The van der Waals surface area contributed by atoms with Crippen molar-refractivity contribution in [3.8, 4) is 17.6 Å². The molecule has 0 saturated carbocycles. The summed E-state index contributed by atoms with van der Waals surface area (Å²) >= 11 is 5.52. The molecule has 1 atom stereocenters. The smallest absolute Gasteiger partial charge is 0.417 e. The van der Waals surface area contributed by atoms with Gasteiger partial charge in [0.05, 0.1) is 29.5 Å². The fraction of sp³-hybridized carbons (Fsp3) is 0.318. The van der Waals surface area contributed by atoms with Crippen LogP contribution in [0.3, 0.4) is 0 Å². The molecule has 2 aliphatic rings. The summed E-state index contributed by atoms with van der Waals surface area (Å²) in [6.45, 7) is 3.14. The molecule has 11 heteroatoms.